The highest BCUT2D eigenvalue weighted by Gasteiger charge is 2.04. The van der Waals surface area contributed by atoms with Crippen LogP contribution in [0.3, 0.4) is 0 Å². The molecule has 0 radical (unpaired) electrons. The van der Waals surface area contributed by atoms with Crippen molar-refractivity contribution in [1.29, 1.82) is 0 Å². The van der Waals surface area contributed by atoms with E-state index >= 15 is 0 Å². The number of aliphatic hydroxyl groups excluding tert-OH is 1. The fraction of sp³-hybridized carbons (Fsp3) is 0.556. The molecule has 12 heavy (non-hydrogen) atoms. The van der Waals surface area contributed by atoms with E-state index in [2.05, 4.69) is 9.97 Å². The van der Waals surface area contributed by atoms with Crippen LogP contribution in [0.25, 0.3) is 0 Å². The lowest BCUT2D eigenvalue weighted by Gasteiger charge is -2.06. The third-order valence-electron chi connectivity index (χ3n) is 1.93. The molecule has 3 nitrogen and oxygen atoms in total. The van der Waals surface area contributed by atoms with Gasteiger partial charge in [0.2, 0.25) is 0 Å². The van der Waals surface area contributed by atoms with Gasteiger partial charge in [-0.05, 0) is 20.3 Å². The standard InChI is InChI=1S/C9H14N2O/c1-4-8-6(2)10-7(3)9(5-12)11-8/h12H,4-5H2,1-3H3. The number of aliphatic hydroxyl groups is 1. The molecule has 0 aromatic carbocycles. The molecule has 0 fully saturated rings. The smallest absolute Gasteiger partial charge is 0.0873 e. The third kappa shape index (κ3) is 1.61. The van der Waals surface area contributed by atoms with Crippen LogP contribution in [0.5, 0.6) is 0 Å². The Morgan fingerprint density at radius 2 is 1.67 bits per heavy atom. The Balaban J connectivity index is 3.18. The summed E-state index contributed by atoms with van der Waals surface area (Å²) in [5, 5.41) is 8.93. The van der Waals surface area contributed by atoms with Crippen LogP contribution in [-0.4, -0.2) is 15.1 Å². The van der Waals surface area contributed by atoms with Crippen LogP contribution < -0.4 is 0 Å². The van der Waals surface area contributed by atoms with Gasteiger partial charge in [0.25, 0.3) is 0 Å². The Morgan fingerprint density at radius 1 is 1.08 bits per heavy atom. The molecule has 0 aliphatic heterocycles. The lowest BCUT2D eigenvalue weighted by atomic mass is 10.2. The van der Waals surface area contributed by atoms with Crippen molar-refractivity contribution in [3.8, 4) is 0 Å². The molecule has 0 atom stereocenters. The van der Waals surface area contributed by atoms with Crippen LogP contribution in [-0.2, 0) is 13.0 Å². The minimum Gasteiger partial charge on any atom is -0.390 e. The lowest BCUT2D eigenvalue weighted by molar-refractivity contribution is 0.275. The summed E-state index contributed by atoms with van der Waals surface area (Å²) in [7, 11) is 0. The SMILES string of the molecule is CCc1nc(CO)c(C)nc1C. The number of aromatic nitrogens is 2. The van der Waals surface area contributed by atoms with E-state index in [1.807, 2.05) is 20.8 Å². The van der Waals surface area contributed by atoms with E-state index in [1.165, 1.54) is 0 Å². The maximum absolute atomic E-state index is 8.93. The van der Waals surface area contributed by atoms with E-state index in [0.717, 1.165) is 23.5 Å². The van der Waals surface area contributed by atoms with Crippen molar-refractivity contribution < 1.29 is 5.11 Å². The molecule has 1 heterocycles. The van der Waals surface area contributed by atoms with E-state index in [9.17, 15) is 0 Å². The normalized spacial score (nSPS) is 10.3. The molecule has 1 N–H and O–H groups in total. The predicted molar refractivity (Wildman–Crippen MR) is 46.8 cm³/mol. The van der Waals surface area contributed by atoms with Gasteiger partial charge in [0, 0.05) is 0 Å². The molecule has 1 rings (SSSR count). The Hall–Kier alpha value is -0.960. The highest BCUT2D eigenvalue weighted by Crippen LogP contribution is 2.07. The Kier molecular flexibility index (Phi) is 2.76. The molecular weight excluding hydrogens is 152 g/mol. The minimum absolute atomic E-state index is 0.0217. The third-order valence-corrected chi connectivity index (χ3v) is 1.93. The number of nitrogens with zero attached hydrogens (tertiary/aromatic N) is 2. The van der Waals surface area contributed by atoms with Crippen LogP contribution in [0, 0.1) is 13.8 Å². The second kappa shape index (κ2) is 3.63. The number of aryl methyl sites for hydroxylation is 3. The molecule has 0 amide bonds. The quantitative estimate of drug-likeness (QED) is 0.716. The van der Waals surface area contributed by atoms with Gasteiger partial charge >= 0.3 is 0 Å². The second-order valence-electron chi connectivity index (χ2n) is 2.80. The first-order valence-corrected chi connectivity index (χ1v) is 4.12. The molecule has 0 unspecified atom stereocenters. The summed E-state index contributed by atoms with van der Waals surface area (Å²) in [4.78, 5) is 8.59. The van der Waals surface area contributed by atoms with Crippen LogP contribution in [0.4, 0.5) is 0 Å². The molecule has 0 spiro atoms. The second-order valence-corrected chi connectivity index (χ2v) is 2.80. The zero-order valence-corrected chi connectivity index (χ0v) is 7.76. The number of rotatable bonds is 2. The minimum atomic E-state index is -0.0217. The van der Waals surface area contributed by atoms with Gasteiger partial charge in [0.05, 0.1) is 29.4 Å². The van der Waals surface area contributed by atoms with Crippen molar-refractivity contribution in [2.75, 3.05) is 0 Å². The fourth-order valence-electron chi connectivity index (χ4n) is 1.19. The van der Waals surface area contributed by atoms with Crippen LogP contribution in [0.15, 0.2) is 0 Å². The van der Waals surface area contributed by atoms with E-state index in [4.69, 9.17) is 5.11 Å². The molecular formula is C9H14N2O. The summed E-state index contributed by atoms with van der Waals surface area (Å²) in [6.45, 7) is 5.82. The average Bonchev–Trinajstić information content (AvgIpc) is 2.05. The zero-order valence-electron chi connectivity index (χ0n) is 7.76. The molecule has 0 saturated heterocycles. The maximum Gasteiger partial charge on any atom is 0.0873 e. The van der Waals surface area contributed by atoms with Gasteiger partial charge in [0.1, 0.15) is 0 Å². The summed E-state index contributed by atoms with van der Waals surface area (Å²) >= 11 is 0. The number of hydrogen-bond acceptors (Lipinski definition) is 3. The van der Waals surface area contributed by atoms with Crippen molar-refractivity contribution in [1.82, 2.24) is 9.97 Å². The monoisotopic (exact) mass is 166 g/mol. The predicted octanol–water partition coefficient (Wildman–Crippen LogP) is 1.15. The summed E-state index contributed by atoms with van der Waals surface area (Å²) in [6.07, 6.45) is 0.867. The molecule has 66 valence electrons. The Bertz CT molecular complexity index is 259. The highest BCUT2D eigenvalue weighted by molar-refractivity contribution is 5.18. The molecule has 1 aromatic rings. The molecule has 0 saturated carbocycles. The first-order valence-electron chi connectivity index (χ1n) is 4.12. The van der Waals surface area contributed by atoms with Gasteiger partial charge in [-0.1, -0.05) is 6.92 Å². The van der Waals surface area contributed by atoms with Crippen molar-refractivity contribution in [2.24, 2.45) is 0 Å². The van der Waals surface area contributed by atoms with Crippen molar-refractivity contribution in [3.63, 3.8) is 0 Å². The summed E-state index contributed by atoms with van der Waals surface area (Å²) in [5.74, 6) is 0. The largest absolute Gasteiger partial charge is 0.390 e. The lowest BCUT2D eigenvalue weighted by Crippen LogP contribution is -2.04. The zero-order chi connectivity index (χ0) is 9.14. The van der Waals surface area contributed by atoms with Crippen molar-refractivity contribution in [3.05, 3.63) is 22.8 Å². The maximum atomic E-state index is 8.93. The molecule has 0 bridgehead atoms. The highest BCUT2D eigenvalue weighted by atomic mass is 16.3. The first-order chi connectivity index (χ1) is 5.69. The van der Waals surface area contributed by atoms with Crippen molar-refractivity contribution >= 4 is 0 Å². The van der Waals surface area contributed by atoms with Crippen LogP contribution in [0.2, 0.25) is 0 Å². The van der Waals surface area contributed by atoms with Gasteiger partial charge in [0.15, 0.2) is 0 Å². The van der Waals surface area contributed by atoms with Crippen molar-refractivity contribution in [2.45, 2.75) is 33.8 Å². The average molecular weight is 166 g/mol. The van der Waals surface area contributed by atoms with Gasteiger partial charge in [-0.3, -0.25) is 9.97 Å². The number of hydrogen-bond donors (Lipinski definition) is 1. The topological polar surface area (TPSA) is 46.0 Å². The Morgan fingerprint density at radius 3 is 2.17 bits per heavy atom. The van der Waals surface area contributed by atoms with E-state index in [0.29, 0.717) is 5.69 Å². The molecule has 3 heteroatoms. The van der Waals surface area contributed by atoms with Crippen LogP contribution >= 0.6 is 0 Å². The van der Waals surface area contributed by atoms with Gasteiger partial charge < -0.3 is 5.11 Å². The summed E-state index contributed by atoms with van der Waals surface area (Å²) in [6, 6.07) is 0. The molecule has 1 aromatic heterocycles. The van der Waals surface area contributed by atoms with Crippen LogP contribution in [0.1, 0.15) is 29.7 Å². The van der Waals surface area contributed by atoms with E-state index in [1.54, 1.807) is 0 Å². The first kappa shape index (κ1) is 9.13. The van der Waals surface area contributed by atoms with Gasteiger partial charge in [-0.15, -0.1) is 0 Å². The molecule has 0 aliphatic carbocycles. The van der Waals surface area contributed by atoms with E-state index < -0.39 is 0 Å². The summed E-state index contributed by atoms with van der Waals surface area (Å²) < 4.78 is 0. The Labute approximate surface area is 72.5 Å². The van der Waals surface area contributed by atoms with E-state index in [-0.39, 0.29) is 6.61 Å². The van der Waals surface area contributed by atoms with Gasteiger partial charge in [-0.2, -0.15) is 0 Å². The summed E-state index contributed by atoms with van der Waals surface area (Å²) in [5.41, 5.74) is 3.46. The molecule has 0 aliphatic rings. The fourth-order valence-corrected chi connectivity index (χ4v) is 1.19. The van der Waals surface area contributed by atoms with Gasteiger partial charge in [-0.25, -0.2) is 0 Å².